The van der Waals surface area contributed by atoms with Crippen LogP contribution in [0.15, 0.2) is 60.7 Å². The zero-order valence-corrected chi connectivity index (χ0v) is 17.6. The molecule has 2 atom stereocenters. The number of hydrogen-bond acceptors (Lipinski definition) is 4. The van der Waals surface area contributed by atoms with Crippen LogP contribution >= 0.6 is 0 Å². The highest BCUT2D eigenvalue weighted by atomic mass is 16.5. The number of para-hydroxylation sites is 1. The van der Waals surface area contributed by atoms with Crippen LogP contribution in [0.2, 0.25) is 0 Å². The van der Waals surface area contributed by atoms with E-state index in [1.165, 1.54) is 13.1 Å². The lowest BCUT2D eigenvalue weighted by molar-refractivity contribution is -0.946. The minimum Gasteiger partial charge on any atom is -0.493 e. The van der Waals surface area contributed by atoms with Crippen LogP contribution in [0.5, 0.6) is 5.75 Å². The van der Waals surface area contributed by atoms with Gasteiger partial charge in [-0.15, -0.1) is 0 Å². The number of esters is 1. The molecule has 3 heterocycles. The first-order valence-corrected chi connectivity index (χ1v) is 11.2. The number of hydrogen-bond donors (Lipinski definition) is 1. The molecule has 0 aliphatic carbocycles. The number of nitrogens with two attached hydrogens (primary N) is 1. The Bertz CT molecular complexity index is 804. The number of benzene rings is 2. The highest BCUT2D eigenvalue weighted by Gasteiger charge is 2.47. The summed E-state index contributed by atoms with van der Waals surface area (Å²) in [6, 6.07) is 19.3. The van der Waals surface area contributed by atoms with Gasteiger partial charge in [0.2, 0.25) is 0 Å². The molecule has 31 heavy (non-hydrogen) atoms. The van der Waals surface area contributed by atoms with Crippen molar-refractivity contribution in [2.45, 2.75) is 45.3 Å². The molecule has 0 aromatic heterocycles. The summed E-state index contributed by atoms with van der Waals surface area (Å²) in [6.07, 6.45) is 3.79. The van der Waals surface area contributed by atoms with Crippen LogP contribution in [0, 0.1) is 5.92 Å². The van der Waals surface area contributed by atoms with Crippen molar-refractivity contribution in [2.75, 3.05) is 32.8 Å². The monoisotopic (exact) mass is 425 g/mol. The van der Waals surface area contributed by atoms with Gasteiger partial charge >= 0.3 is 5.97 Å². The van der Waals surface area contributed by atoms with E-state index in [4.69, 9.17) is 15.2 Å². The smallest absolute Gasteiger partial charge is 0.323 e. The maximum Gasteiger partial charge on any atom is 0.323 e. The van der Waals surface area contributed by atoms with Crippen molar-refractivity contribution in [3.05, 3.63) is 66.2 Å². The zero-order chi connectivity index (χ0) is 20.8. The standard InChI is InChI=1S/C25H33N2O3.CH4/c26-23(18-20-8-3-1-4-9-20)25(28)30-24-19-27(15-12-21(24)13-16-27)14-7-17-29-22-10-5-2-6-11-22;/h1-6,8-11,21,23-24H,7,12-19,26H2;1H4/q+1;/t21?,23-,24-,27?;/m0./s1. The summed E-state index contributed by atoms with van der Waals surface area (Å²) in [5.74, 6) is 1.15. The number of carbonyl (C=O) groups is 1. The van der Waals surface area contributed by atoms with Gasteiger partial charge in [0.25, 0.3) is 0 Å². The van der Waals surface area contributed by atoms with E-state index in [0.29, 0.717) is 12.3 Å². The second-order valence-corrected chi connectivity index (χ2v) is 8.82. The number of rotatable bonds is 9. The Kier molecular flexibility index (Phi) is 8.10. The fraction of sp³-hybridized carbons (Fsp3) is 0.500. The van der Waals surface area contributed by atoms with Gasteiger partial charge in [-0.1, -0.05) is 56.0 Å². The van der Waals surface area contributed by atoms with E-state index in [-0.39, 0.29) is 19.5 Å². The van der Waals surface area contributed by atoms with Crippen LogP contribution in [-0.2, 0) is 16.0 Å². The largest absolute Gasteiger partial charge is 0.493 e. The molecule has 3 aliphatic heterocycles. The van der Waals surface area contributed by atoms with Crippen LogP contribution in [0.3, 0.4) is 0 Å². The molecule has 3 aliphatic rings. The number of carbonyl (C=O) groups excluding carboxylic acids is 1. The molecule has 2 aromatic carbocycles. The normalized spacial score (nSPS) is 25.3. The number of fused-ring (bicyclic) bond motifs is 3. The van der Waals surface area contributed by atoms with Crippen molar-refractivity contribution in [3.8, 4) is 5.75 Å². The first kappa shape index (κ1) is 23.3. The van der Waals surface area contributed by atoms with Crippen LogP contribution < -0.4 is 10.5 Å². The molecule has 5 rings (SSSR count). The summed E-state index contributed by atoms with van der Waals surface area (Å²) in [5.41, 5.74) is 7.22. The quantitative estimate of drug-likeness (QED) is 0.377. The Hall–Kier alpha value is -2.37. The summed E-state index contributed by atoms with van der Waals surface area (Å²) in [6.45, 7) is 5.07. The fourth-order valence-corrected chi connectivity index (χ4v) is 4.96. The van der Waals surface area contributed by atoms with E-state index in [9.17, 15) is 4.79 Å². The Morgan fingerprint density at radius 3 is 2.35 bits per heavy atom. The van der Waals surface area contributed by atoms with Crippen LogP contribution in [0.4, 0.5) is 0 Å². The van der Waals surface area contributed by atoms with Crippen LogP contribution in [-0.4, -0.2) is 55.4 Å². The minimum absolute atomic E-state index is 0. The lowest BCUT2D eigenvalue weighted by atomic mass is 9.83. The molecular weight excluding hydrogens is 388 g/mol. The zero-order valence-electron chi connectivity index (χ0n) is 17.6. The van der Waals surface area contributed by atoms with Crippen LogP contribution in [0.25, 0.3) is 0 Å². The predicted molar refractivity (Wildman–Crippen MR) is 124 cm³/mol. The van der Waals surface area contributed by atoms with Gasteiger partial charge in [0.05, 0.1) is 26.2 Å². The summed E-state index contributed by atoms with van der Waals surface area (Å²) >= 11 is 0. The maximum absolute atomic E-state index is 12.6. The summed E-state index contributed by atoms with van der Waals surface area (Å²) < 4.78 is 12.9. The first-order chi connectivity index (χ1) is 14.6. The number of nitrogens with zero attached hydrogens (tertiary/aromatic N) is 1. The predicted octanol–water partition coefficient (Wildman–Crippen LogP) is 3.81. The third-order valence-electron chi connectivity index (χ3n) is 6.70. The van der Waals surface area contributed by atoms with Gasteiger partial charge in [-0.05, 0) is 24.1 Å². The molecule has 3 saturated heterocycles. The van der Waals surface area contributed by atoms with Crippen molar-refractivity contribution in [3.63, 3.8) is 0 Å². The van der Waals surface area contributed by atoms with Gasteiger partial charge in [-0.25, -0.2) is 0 Å². The molecule has 168 valence electrons. The molecule has 0 spiro atoms. The topological polar surface area (TPSA) is 61.6 Å². The van der Waals surface area contributed by atoms with Crippen molar-refractivity contribution in [1.82, 2.24) is 0 Å². The molecule has 0 amide bonds. The highest BCUT2D eigenvalue weighted by Crippen LogP contribution is 2.36. The maximum atomic E-state index is 12.6. The molecule has 5 nitrogen and oxygen atoms in total. The van der Waals surface area contributed by atoms with Gasteiger partial charge in [0, 0.05) is 25.2 Å². The first-order valence-electron chi connectivity index (χ1n) is 11.2. The summed E-state index contributed by atoms with van der Waals surface area (Å²) in [5, 5.41) is 0. The number of quaternary nitrogens is 1. The SMILES string of the molecule is C.N[C@@H](Cc1ccccc1)C(=O)O[C@H]1C[N+]2(CCCOc3ccccc3)CCC1CC2. The Balaban J connectivity index is 0.00000272. The van der Waals surface area contributed by atoms with Gasteiger partial charge < -0.3 is 19.7 Å². The van der Waals surface area contributed by atoms with E-state index in [1.54, 1.807) is 0 Å². The van der Waals surface area contributed by atoms with Crippen molar-refractivity contribution < 1.29 is 18.8 Å². The lowest BCUT2D eigenvalue weighted by Gasteiger charge is -2.52. The van der Waals surface area contributed by atoms with Gasteiger partial charge in [0.15, 0.2) is 6.10 Å². The Morgan fingerprint density at radius 1 is 1.03 bits per heavy atom. The molecule has 2 bridgehead atoms. The van der Waals surface area contributed by atoms with Gasteiger partial charge in [0.1, 0.15) is 18.3 Å². The summed E-state index contributed by atoms with van der Waals surface area (Å²) in [4.78, 5) is 12.6. The third kappa shape index (κ3) is 6.08. The average molecular weight is 426 g/mol. The third-order valence-corrected chi connectivity index (χ3v) is 6.70. The van der Waals surface area contributed by atoms with E-state index >= 15 is 0 Å². The number of ether oxygens (including phenoxy) is 2. The van der Waals surface area contributed by atoms with Crippen molar-refractivity contribution in [2.24, 2.45) is 11.7 Å². The van der Waals surface area contributed by atoms with Gasteiger partial charge in [-0.3, -0.25) is 4.79 Å². The molecular formula is C26H37N2O3+. The Labute approximate surface area is 186 Å². The van der Waals surface area contributed by atoms with E-state index < -0.39 is 6.04 Å². The van der Waals surface area contributed by atoms with Crippen molar-refractivity contribution >= 4 is 5.97 Å². The molecule has 2 N–H and O–H groups in total. The molecule has 3 fully saturated rings. The van der Waals surface area contributed by atoms with Gasteiger partial charge in [-0.2, -0.15) is 0 Å². The number of piperidine rings is 3. The lowest BCUT2D eigenvalue weighted by Crippen LogP contribution is -2.65. The minimum atomic E-state index is -0.601. The second kappa shape index (κ2) is 10.8. The molecule has 5 heteroatoms. The molecule has 0 radical (unpaired) electrons. The summed E-state index contributed by atoms with van der Waals surface area (Å²) in [7, 11) is 0. The average Bonchev–Trinajstić information content (AvgIpc) is 2.79. The highest BCUT2D eigenvalue weighted by molar-refractivity contribution is 5.76. The van der Waals surface area contributed by atoms with Crippen LogP contribution in [0.1, 0.15) is 32.3 Å². The Morgan fingerprint density at radius 2 is 1.68 bits per heavy atom. The van der Waals surface area contributed by atoms with Crippen molar-refractivity contribution in [1.29, 1.82) is 0 Å². The second-order valence-electron chi connectivity index (χ2n) is 8.82. The van der Waals surface area contributed by atoms with E-state index in [2.05, 4.69) is 0 Å². The van der Waals surface area contributed by atoms with E-state index in [1.807, 2.05) is 60.7 Å². The molecule has 0 saturated carbocycles. The molecule has 0 unspecified atom stereocenters. The molecule has 2 aromatic rings. The fourth-order valence-electron chi connectivity index (χ4n) is 4.96. The van der Waals surface area contributed by atoms with E-state index in [0.717, 1.165) is 54.8 Å².